The Morgan fingerprint density at radius 2 is 1.68 bits per heavy atom. The molecule has 1 unspecified atom stereocenters. The van der Waals surface area contributed by atoms with Gasteiger partial charge in [0.15, 0.2) is 0 Å². The van der Waals surface area contributed by atoms with Crippen LogP contribution in [-0.2, 0) is 33.5 Å². The van der Waals surface area contributed by atoms with Crippen LogP contribution in [0.15, 0.2) is 78.9 Å². The van der Waals surface area contributed by atoms with Gasteiger partial charge >= 0.3 is 18.0 Å². The molecular weight excluding hydrogens is 557 g/mol. The zero-order valence-electron chi connectivity index (χ0n) is 22.5. The number of rotatable bonds is 12. The number of hydrogen-bond acceptors (Lipinski definition) is 3. The van der Waals surface area contributed by atoms with Gasteiger partial charge in [-0.1, -0.05) is 84.4 Å². The fraction of sp³-hybridized carbons (Fsp3) is 0.419. The SMILES string of the molecule is C[C@H](CCOC1CCCN([S+]=O)C1)N(Cc1cccc(C(F)(F)F)c1Cl)CC(c1ccccc1)c1ccccc1. The fourth-order valence-corrected chi connectivity index (χ4v) is 5.97. The molecular formula is C31H35ClF3N2O2S+. The van der Waals surface area contributed by atoms with E-state index < -0.39 is 11.7 Å². The molecule has 2 atom stereocenters. The van der Waals surface area contributed by atoms with Gasteiger partial charge in [0.1, 0.15) is 0 Å². The summed E-state index contributed by atoms with van der Waals surface area (Å²) >= 11 is 6.85. The number of benzene rings is 3. The standard InChI is InChI=1S/C31H35ClF3N2O2S/c1-23(17-19-39-27-15-9-18-37(21-27)40-38)36(20-26-14-8-16-29(30(26)32)31(33,34)35)22-28(24-10-4-2-5-11-24)25-12-6-3-7-13-25/h2-8,10-14,16,23,27-28H,9,15,17-22H2,1H3/q+1/t23-,27?/m1/s1. The fourth-order valence-electron chi connectivity index (χ4n) is 5.25. The van der Waals surface area contributed by atoms with Gasteiger partial charge in [-0.3, -0.25) is 4.90 Å². The molecule has 9 heteroatoms. The van der Waals surface area contributed by atoms with Crippen LogP contribution in [0.2, 0.25) is 5.02 Å². The first-order valence-corrected chi connectivity index (χ1v) is 14.7. The summed E-state index contributed by atoms with van der Waals surface area (Å²) in [6.07, 6.45) is -1.99. The molecule has 4 rings (SSSR count). The van der Waals surface area contributed by atoms with E-state index in [0.717, 1.165) is 36.6 Å². The molecule has 1 fully saturated rings. The molecule has 1 heterocycles. The minimum atomic E-state index is -4.52. The van der Waals surface area contributed by atoms with Crippen LogP contribution in [0.1, 0.15) is 54.4 Å². The van der Waals surface area contributed by atoms with Crippen molar-refractivity contribution in [2.24, 2.45) is 0 Å². The van der Waals surface area contributed by atoms with Crippen molar-refractivity contribution in [2.45, 2.75) is 57.0 Å². The number of hydrogen-bond donors (Lipinski definition) is 0. The Bertz CT molecular complexity index is 1180. The van der Waals surface area contributed by atoms with Crippen molar-refractivity contribution >= 4 is 23.5 Å². The third-order valence-electron chi connectivity index (χ3n) is 7.54. The van der Waals surface area contributed by atoms with E-state index in [1.54, 1.807) is 10.4 Å². The lowest BCUT2D eigenvalue weighted by Crippen LogP contribution is -2.39. The summed E-state index contributed by atoms with van der Waals surface area (Å²) in [7, 11) is 0. The van der Waals surface area contributed by atoms with Gasteiger partial charge in [0, 0.05) is 31.7 Å². The minimum absolute atomic E-state index is 0.00545. The van der Waals surface area contributed by atoms with Gasteiger partial charge in [-0.2, -0.15) is 13.2 Å². The summed E-state index contributed by atoms with van der Waals surface area (Å²) in [6.45, 7) is 4.82. The van der Waals surface area contributed by atoms with E-state index in [2.05, 4.69) is 36.1 Å². The molecule has 0 radical (unpaired) electrons. The number of ether oxygens (including phenoxy) is 1. The largest absolute Gasteiger partial charge is 0.590 e. The molecule has 1 aliphatic rings. The van der Waals surface area contributed by atoms with Crippen molar-refractivity contribution in [2.75, 3.05) is 26.2 Å². The summed E-state index contributed by atoms with van der Waals surface area (Å²) in [6, 6.07) is 24.4. The molecule has 0 bridgehead atoms. The maximum absolute atomic E-state index is 13.6. The van der Waals surface area contributed by atoms with Crippen molar-refractivity contribution in [3.63, 3.8) is 0 Å². The molecule has 4 nitrogen and oxygen atoms in total. The van der Waals surface area contributed by atoms with Gasteiger partial charge < -0.3 is 4.74 Å². The highest BCUT2D eigenvalue weighted by molar-refractivity contribution is 7.62. The summed E-state index contributed by atoms with van der Waals surface area (Å²) in [5.41, 5.74) is 1.90. The number of nitrogens with zero attached hydrogens (tertiary/aromatic N) is 2. The minimum Gasteiger partial charge on any atom is -0.377 e. The monoisotopic (exact) mass is 591 g/mol. The normalized spacial score (nSPS) is 17.3. The molecule has 0 spiro atoms. The number of piperidine rings is 1. The van der Waals surface area contributed by atoms with Crippen LogP contribution in [-0.4, -0.2) is 47.6 Å². The lowest BCUT2D eigenvalue weighted by atomic mass is 9.90. The first kappa shape index (κ1) is 30.6. The van der Waals surface area contributed by atoms with Crippen molar-refractivity contribution in [1.29, 1.82) is 0 Å². The molecule has 40 heavy (non-hydrogen) atoms. The van der Waals surface area contributed by atoms with Crippen LogP contribution in [0.5, 0.6) is 0 Å². The van der Waals surface area contributed by atoms with E-state index in [1.807, 2.05) is 36.4 Å². The summed E-state index contributed by atoms with van der Waals surface area (Å²) in [4.78, 5) is 2.20. The van der Waals surface area contributed by atoms with Crippen LogP contribution in [0, 0.1) is 0 Å². The Balaban J connectivity index is 1.57. The average Bonchev–Trinajstić information content (AvgIpc) is 2.96. The van der Waals surface area contributed by atoms with E-state index in [0.29, 0.717) is 43.5 Å². The molecule has 0 aliphatic carbocycles. The molecule has 1 aliphatic heterocycles. The lowest BCUT2D eigenvalue weighted by molar-refractivity contribution is -0.137. The number of alkyl halides is 3. The molecule has 0 N–H and O–H groups in total. The summed E-state index contributed by atoms with van der Waals surface area (Å²) in [5.74, 6) is 0.0105. The van der Waals surface area contributed by atoms with E-state index in [1.165, 1.54) is 6.07 Å². The average molecular weight is 592 g/mol. The van der Waals surface area contributed by atoms with Crippen molar-refractivity contribution in [3.05, 3.63) is 106 Å². The van der Waals surface area contributed by atoms with Crippen molar-refractivity contribution in [3.8, 4) is 0 Å². The van der Waals surface area contributed by atoms with Gasteiger partial charge in [-0.15, -0.1) is 0 Å². The molecule has 0 amide bonds. The Morgan fingerprint density at radius 3 is 2.27 bits per heavy atom. The topological polar surface area (TPSA) is 32.8 Å². The first-order valence-electron chi connectivity index (χ1n) is 13.6. The maximum atomic E-state index is 13.6. The Morgan fingerprint density at radius 1 is 1.02 bits per heavy atom. The molecule has 3 aromatic carbocycles. The van der Waals surface area contributed by atoms with Crippen LogP contribution >= 0.6 is 11.6 Å². The second-order valence-corrected chi connectivity index (χ2v) is 11.4. The van der Waals surface area contributed by atoms with E-state index in [-0.39, 0.29) is 29.6 Å². The van der Waals surface area contributed by atoms with E-state index >= 15 is 0 Å². The van der Waals surface area contributed by atoms with Gasteiger partial charge in [0.25, 0.3) is 0 Å². The number of halogens is 4. The summed E-state index contributed by atoms with van der Waals surface area (Å²) in [5, 5.41) is -0.253. The van der Waals surface area contributed by atoms with Gasteiger partial charge in [0.2, 0.25) is 0 Å². The molecule has 0 saturated carbocycles. The van der Waals surface area contributed by atoms with Crippen molar-refractivity contribution in [1.82, 2.24) is 9.21 Å². The Labute approximate surface area is 243 Å². The predicted molar refractivity (Wildman–Crippen MR) is 154 cm³/mol. The highest BCUT2D eigenvalue weighted by Crippen LogP contribution is 2.37. The van der Waals surface area contributed by atoms with Crippen LogP contribution < -0.4 is 0 Å². The summed E-state index contributed by atoms with van der Waals surface area (Å²) < 4.78 is 60.1. The van der Waals surface area contributed by atoms with E-state index in [4.69, 9.17) is 16.3 Å². The second-order valence-electron chi connectivity index (χ2n) is 10.3. The quantitative estimate of drug-likeness (QED) is 0.161. The van der Waals surface area contributed by atoms with Gasteiger partial charge in [-0.25, -0.2) is 0 Å². The van der Waals surface area contributed by atoms with Gasteiger partial charge in [-0.05, 0) is 53.2 Å². The molecule has 214 valence electrons. The second kappa shape index (κ2) is 14.5. The Kier molecular flexibility index (Phi) is 11.1. The van der Waals surface area contributed by atoms with Crippen molar-refractivity contribution < 1.29 is 22.1 Å². The maximum Gasteiger partial charge on any atom is 0.590 e. The highest BCUT2D eigenvalue weighted by atomic mass is 35.5. The third-order valence-corrected chi connectivity index (χ3v) is 8.53. The molecule has 0 aromatic heterocycles. The first-order chi connectivity index (χ1) is 19.3. The van der Waals surface area contributed by atoms with Gasteiger partial charge in [0.05, 0.1) is 34.0 Å². The third kappa shape index (κ3) is 8.33. The lowest BCUT2D eigenvalue weighted by Gasteiger charge is -2.34. The molecule has 3 aromatic rings. The zero-order chi connectivity index (χ0) is 28.5. The Hall–Kier alpha value is -2.36. The predicted octanol–water partition coefficient (Wildman–Crippen LogP) is 7.60. The zero-order valence-corrected chi connectivity index (χ0v) is 24.1. The van der Waals surface area contributed by atoms with Crippen LogP contribution in [0.4, 0.5) is 13.2 Å². The smallest absolute Gasteiger partial charge is 0.377 e. The van der Waals surface area contributed by atoms with E-state index in [9.17, 15) is 17.4 Å². The molecule has 1 saturated heterocycles. The van der Waals surface area contributed by atoms with Crippen LogP contribution in [0.25, 0.3) is 0 Å². The highest BCUT2D eigenvalue weighted by Gasteiger charge is 2.34. The van der Waals surface area contributed by atoms with Crippen LogP contribution in [0.3, 0.4) is 0 Å².